The molecule has 106 valence electrons. The standard InChI is InChI=1S/C16H24O3/c1-5-7-13(11-16(17)19-12(2)3)14-8-6-9-15(10-14)18-4/h6,8-10,12-13H,5,7,11H2,1-4H3/t13-/m1/s1. The SMILES string of the molecule is CCC[C@H](CC(=O)OC(C)C)c1cccc(OC)c1. The largest absolute Gasteiger partial charge is 0.497 e. The van der Waals surface area contributed by atoms with E-state index in [0.717, 1.165) is 24.2 Å². The summed E-state index contributed by atoms with van der Waals surface area (Å²) in [4.78, 5) is 11.8. The van der Waals surface area contributed by atoms with Gasteiger partial charge >= 0.3 is 5.97 Å². The number of ether oxygens (including phenoxy) is 2. The van der Waals surface area contributed by atoms with Crippen LogP contribution in [0.25, 0.3) is 0 Å². The normalized spacial score (nSPS) is 12.3. The predicted octanol–water partition coefficient (Wildman–Crippen LogP) is 3.92. The highest BCUT2D eigenvalue weighted by atomic mass is 16.5. The average Bonchev–Trinajstić information content (AvgIpc) is 2.37. The third-order valence-electron chi connectivity index (χ3n) is 2.98. The highest BCUT2D eigenvalue weighted by Gasteiger charge is 2.17. The Morgan fingerprint density at radius 1 is 1.32 bits per heavy atom. The van der Waals surface area contributed by atoms with Crippen molar-refractivity contribution in [3.63, 3.8) is 0 Å². The Morgan fingerprint density at radius 2 is 2.05 bits per heavy atom. The van der Waals surface area contributed by atoms with Gasteiger partial charge in [-0.2, -0.15) is 0 Å². The van der Waals surface area contributed by atoms with Crippen LogP contribution in [0.3, 0.4) is 0 Å². The van der Waals surface area contributed by atoms with Gasteiger partial charge in [-0.05, 0) is 43.9 Å². The molecule has 0 N–H and O–H groups in total. The summed E-state index contributed by atoms with van der Waals surface area (Å²) in [6.07, 6.45) is 2.39. The van der Waals surface area contributed by atoms with E-state index in [1.54, 1.807) is 7.11 Å². The maximum atomic E-state index is 11.8. The van der Waals surface area contributed by atoms with Crippen LogP contribution < -0.4 is 4.74 Å². The van der Waals surface area contributed by atoms with Gasteiger partial charge in [0.15, 0.2) is 0 Å². The zero-order valence-corrected chi connectivity index (χ0v) is 12.3. The molecule has 0 saturated heterocycles. The number of hydrogen-bond acceptors (Lipinski definition) is 3. The Morgan fingerprint density at radius 3 is 2.63 bits per heavy atom. The molecular formula is C16H24O3. The Hall–Kier alpha value is -1.51. The van der Waals surface area contributed by atoms with Crippen molar-refractivity contribution >= 4 is 5.97 Å². The molecule has 19 heavy (non-hydrogen) atoms. The highest BCUT2D eigenvalue weighted by Crippen LogP contribution is 2.28. The van der Waals surface area contributed by atoms with E-state index in [-0.39, 0.29) is 18.0 Å². The van der Waals surface area contributed by atoms with Crippen LogP contribution in [0.4, 0.5) is 0 Å². The first-order valence-electron chi connectivity index (χ1n) is 6.90. The van der Waals surface area contributed by atoms with Crippen LogP contribution in [-0.2, 0) is 9.53 Å². The van der Waals surface area contributed by atoms with Crippen molar-refractivity contribution in [2.45, 2.75) is 52.1 Å². The molecule has 0 spiro atoms. The number of carbonyl (C=O) groups is 1. The van der Waals surface area contributed by atoms with Gasteiger partial charge in [-0.3, -0.25) is 4.79 Å². The van der Waals surface area contributed by atoms with Crippen molar-refractivity contribution in [3.8, 4) is 5.75 Å². The summed E-state index contributed by atoms with van der Waals surface area (Å²) in [5, 5.41) is 0. The lowest BCUT2D eigenvalue weighted by Gasteiger charge is -2.17. The Kier molecular flexibility index (Phi) is 6.40. The summed E-state index contributed by atoms with van der Waals surface area (Å²) < 4.78 is 10.5. The minimum atomic E-state index is -0.128. The van der Waals surface area contributed by atoms with Gasteiger partial charge in [0, 0.05) is 0 Å². The molecule has 0 aliphatic heterocycles. The summed E-state index contributed by atoms with van der Waals surface area (Å²) in [6.45, 7) is 5.87. The summed E-state index contributed by atoms with van der Waals surface area (Å²) >= 11 is 0. The lowest BCUT2D eigenvalue weighted by Crippen LogP contribution is -2.15. The maximum Gasteiger partial charge on any atom is 0.306 e. The third kappa shape index (κ3) is 5.33. The van der Waals surface area contributed by atoms with Crippen LogP contribution in [0, 0.1) is 0 Å². The van der Waals surface area contributed by atoms with Gasteiger partial charge in [0.05, 0.1) is 19.6 Å². The van der Waals surface area contributed by atoms with Crippen LogP contribution in [0.2, 0.25) is 0 Å². The van der Waals surface area contributed by atoms with Crippen LogP contribution in [0.15, 0.2) is 24.3 Å². The van der Waals surface area contributed by atoms with Crippen LogP contribution in [0.5, 0.6) is 5.75 Å². The summed E-state index contributed by atoms with van der Waals surface area (Å²) in [5.74, 6) is 0.901. The average molecular weight is 264 g/mol. The van der Waals surface area contributed by atoms with E-state index in [1.165, 1.54) is 0 Å². The molecule has 0 amide bonds. The second kappa shape index (κ2) is 7.82. The van der Waals surface area contributed by atoms with E-state index >= 15 is 0 Å². The monoisotopic (exact) mass is 264 g/mol. The molecule has 3 nitrogen and oxygen atoms in total. The molecule has 0 unspecified atom stereocenters. The van der Waals surface area contributed by atoms with E-state index < -0.39 is 0 Å². The molecule has 0 fully saturated rings. The predicted molar refractivity (Wildman–Crippen MR) is 76.5 cm³/mol. The molecule has 1 rings (SSSR count). The topological polar surface area (TPSA) is 35.5 Å². The molecule has 0 heterocycles. The molecule has 0 bridgehead atoms. The fourth-order valence-corrected chi connectivity index (χ4v) is 2.14. The fraction of sp³-hybridized carbons (Fsp3) is 0.562. The summed E-state index contributed by atoms with van der Waals surface area (Å²) in [5.41, 5.74) is 1.14. The first-order valence-corrected chi connectivity index (χ1v) is 6.90. The van der Waals surface area contributed by atoms with Gasteiger partial charge in [-0.15, -0.1) is 0 Å². The summed E-state index contributed by atoms with van der Waals surface area (Å²) in [7, 11) is 1.65. The van der Waals surface area contributed by atoms with Crippen molar-refractivity contribution in [3.05, 3.63) is 29.8 Å². The van der Waals surface area contributed by atoms with Gasteiger partial charge in [0.2, 0.25) is 0 Å². The van der Waals surface area contributed by atoms with Crippen LogP contribution in [-0.4, -0.2) is 19.2 Å². The van der Waals surface area contributed by atoms with E-state index in [4.69, 9.17) is 9.47 Å². The lowest BCUT2D eigenvalue weighted by atomic mass is 9.91. The molecule has 1 aromatic rings. The molecule has 0 aromatic heterocycles. The first-order chi connectivity index (χ1) is 9.06. The Labute approximate surface area is 115 Å². The highest BCUT2D eigenvalue weighted by molar-refractivity contribution is 5.70. The smallest absolute Gasteiger partial charge is 0.306 e. The molecule has 3 heteroatoms. The third-order valence-corrected chi connectivity index (χ3v) is 2.98. The summed E-state index contributed by atoms with van der Waals surface area (Å²) in [6, 6.07) is 7.93. The molecule has 1 atom stereocenters. The van der Waals surface area contributed by atoms with Gasteiger partial charge in [0.25, 0.3) is 0 Å². The number of benzene rings is 1. The zero-order valence-electron chi connectivity index (χ0n) is 12.3. The maximum absolute atomic E-state index is 11.8. The van der Waals surface area contributed by atoms with Gasteiger partial charge < -0.3 is 9.47 Å². The fourth-order valence-electron chi connectivity index (χ4n) is 2.14. The quantitative estimate of drug-likeness (QED) is 0.700. The van der Waals surface area contributed by atoms with Gasteiger partial charge in [-0.1, -0.05) is 25.5 Å². The second-order valence-electron chi connectivity index (χ2n) is 5.00. The van der Waals surface area contributed by atoms with E-state index in [9.17, 15) is 4.79 Å². The van der Waals surface area contributed by atoms with Crippen molar-refractivity contribution in [1.29, 1.82) is 0 Å². The molecule has 1 aromatic carbocycles. The first kappa shape index (κ1) is 15.5. The minimum Gasteiger partial charge on any atom is -0.497 e. The second-order valence-corrected chi connectivity index (χ2v) is 5.00. The minimum absolute atomic E-state index is 0.0555. The Balaban J connectivity index is 2.78. The molecule has 0 aliphatic rings. The van der Waals surface area contributed by atoms with Gasteiger partial charge in [0.1, 0.15) is 5.75 Å². The van der Waals surface area contributed by atoms with Crippen molar-refractivity contribution in [2.75, 3.05) is 7.11 Å². The number of methoxy groups -OCH3 is 1. The number of hydrogen-bond donors (Lipinski definition) is 0. The van der Waals surface area contributed by atoms with Gasteiger partial charge in [-0.25, -0.2) is 0 Å². The lowest BCUT2D eigenvalue weighted by molar-refractivity contribution is -0.147. The number of carbonyl (C=O) groups excluding carboxylic acids is 1. The van der Waals surface area contributed by atoms with Crippen LogP contribution >= 0.6 is 0 Å². The molecule has 0 saturated carbocycles. The molecule has 0 radical (unpaired) electrons. The van der Waals surface area contributed by atoms with Crippen molar-refractivity contribution in [1.82, 2.24) is 0 Å². The number of rotatable bonds is 7. The van der Waals surface area contributed by atoms with E-state index in [0.29, 0.717) is 6.42 Å². The van der Waals surface area contributed by atoms with E-state index in [1.807, 2.05) is 38.1 Å². The Bertz CT molecular complexity index is 399. The van der Waals surface area contributed by atoms with Crippen molar-refractivity contribution < 1.29 is 14.3 Å². The molecule has 0 aliphatic carbocycles. The van der Waals surface area contributed by atoms with Crippen molar-refractivity contribution in [2.24, 2.45) is 0 Å². The molecular weight excluding hydrogens is 240 g/mol. The van der Waals surface area contributed by atoms with Crippen LogP contribution in [0.1, 0.15) is 51.5 Å². The number of esters is 1. The van der Waals surface area contributed by atoms with E-state index in [2.05, 4.69) is 6.92 Å². The zero-order chi connectivity index (χ0) is 14.3.